The molecular formula is C13H13N3O2. The first kappa shape index (κ1) is 12.2. The Kier molecular flexibility index (Phi) is 3.62. The van der Waals surface area contributed by atoms with Crippen molar-refractivity contribution in [3.63, 3.8) is 0 Å². The maximum atomic E-state index is 11.6. The van der Waals surface area contributed by atoms with E-state index in [2.05, 4.69) is 15.0 Å². The number of carbonyl (C=O) groups excluding carboxylic acids is 1. The molecule has 18 heavy (non-hydrogen) atoms. The molecule has 0 aliphatic rings. The van der Waals surface area contributed by atoms with Crippen LogP contribution in [0.4, 0.5) is 0 Å². The fraction of sp³-hybridized carbons (Fsp3) is 0.231. The van der Waals surface area contributed by atoms with Gasteiger partial charge in [0.25, 0.3) is 0 Å². The Labute approximate surface area is 105 Å². The monoisotopic (exact) mass is 243 g/mol. The van der Waals surface area contributed by atoms with Crippen LogP contribution in [0.25, 0.3) is 11.4 Å². The normalized spacial score (nSPS) is 10.1. The molecule has 0 unspecified atom stereocenters. The molecule has 0 spiro atoms. The molecule has 0 saturated heterocycles. The molecule has 2 heterocycles. The van der Waals surface area contributed by atoms with Gasteiger partial charge in [-0.15, -0.1) is 0 Å². The number of hydrogen-bond donors (Lipinski definition) is 0. The van der Waals surface area contributed by atoms with E-state index < -0.39 is 5.97 Å². The van der Waals surface area contributed by atoms with Gasteiger partial charge < -0.3 is 4.74 Å². The molecule has 92 valence electrons. The van der Waals surface area contributed by atoms with Gasteiger partial charge in [-0.25, -0.2) is 14.8 Å². The van der Waals surface area contributed by atoms with Crippen LogP contribution in [0.15, 0.2) is 30.5 Å². The summed E-state index contributed by atoms with van der Waals surface area (Å²) >= 11 is 0. The number of aryl methyl sites for hydroxylation is 1. The Hall–Kier alpha value is -2.30. The summed E-state index contributed by atoms with van der Waals surface area (Å²) in [5, 5.41) is 0. The molecular weight excluding hydrogens is 230 g/mol. The molecule has 0 fully saturated rings. The second kappa shape index (κ2) is 5.35. The van der Waals surface area contributed by atoms with Gasteiger partial charge in [0, 0.05) is 11.9 Å². The van der Waals surface area contributed by atoms with Gasteiger partial charge in [0.15, 0.2) is 0 Å². The van der Waals surface area contributed by atoms with Crippen molar-refractivity contribution in [3.8, 4) is 11.4 Å². The highest BCUT2D eigenvalue weighted by Gasteiger charge is 2.13. The lowest BCUT2D eigenvalue weighted by atomic mass is 10.2. The first-order chi connectivity index (χ1) is 8.70. The van der Waals surface area contributed by atoms with Crippen LogP contribution in [0.2, 0.25) is 0 Å². The van der Waals surface area contributed by atoms with Crippen molar-refractivity contribution in [3.05, 3.63) is 42.0 Å². The van der Waals surface area contributed by atoms with Crippen molar-refractivity contribution in [2.45, 2.75) is 13.8 Å². The third-order valence-corrected chi connectivity index (χ3v) is 2.24. The molecule has 0 radical (unpaired) electrons. The predicted octanol–water partition coefficient (Wildman–Crippen LogP) is 2.02. The van der Waals surface area contributed by atoms with Gasteiger partial charge in [-0.05, 0) is 32.0 Å². The molecule has 0 amide bonds. The van der Waals surface area contributed by atoms with E-state index in [0.29, 0.717) is 23.7 Å². The van der Waals surface area contributed by atoms with Crippen molar-refractivity contribution in [1.82, 2.24) is 15.0 Å². The Morgan fingerprint density at radius 3 is 2.78 bits per heavy atom. The Bertz CT molecular complexity index is 555. The van der Waals surface area contributed by atoms with Crippen LogP contribution in [-0.2, 0) is 4.74 Å². The molecule has 2 aromatic rings. The highest BCUT2D eigenvalue weighted by Crippen LogP contribution is 2.14. The van der Waals surface area contributed by atoms with E-state index in [-0.39, 0.29) is 5.82 Å². The van der Waals surface area contributed by atoms with Crippen molar-refractivity contribution in [2.75, 3.05) is 6.61 Å². The first-order valence-corrected chi connectivity index (χ1v) is 5.65. The first-order valence-electron chi connectivity index (χ1n) is 5.65. The van der Waals surface area contributed by atoms with Crippen LogP contribution in [0, 0.1) is 6.92 Å². The third-order valence-electron chi connectivity index (χ3n) is 2.24. The van der Waals surface area contributed by atoms with Gasteiger partial charge in [0.2, 0.25) is 5.82 Å². The van der Waals surface area contributed by atoms with Gasteiger partial charge in [-0.1, -0.05) is 6.07 Å². The zero-order valence-electron chi connectivity index (χ0n) is 10.3. The molecule has 0 saturated carbocycles. The summed E-state index contributed by atoms with van der Waals surface area (Å²) < 4.78 is 4.89. The van der Waals surface area contributed by atoms with Crippen LogP contribution in [0.1, 0.15) is 23.2 Å². The molecule has 5 heteroatoms. The van der Waals surface area contributed by atoms with Crippen LogP contribution in [0.3, 0.4) is 0 Å². The number of aromatic nitrogens is 3. The highest BCUT2D eigenvalue weighted by molar-refractivity contribution is 5.85. The number of ether oxygens (including phenoxy) is 1. The number of esters is 1. The fourth-order valence-corrected chi connectivity index (χ4v) is 1.50. The van der Waals surface area contributed by atoms with Gasteiger partial charge in [-0.3, -0.25) is 4.98 Å². The van der Waals surface area contributed by atoms with E-state index in [1.807, 2.05) is 18.2 Å². The third kappa shape index (κ3) is 2.68. The minimum absolute atomic E-state index is 0.0671. The van der Waals surface area contributed by atoms with E-state index in [0.717, 1.165) is 0 Å². The Morgan fingerprint density at radius 1 is 1.28 bits per heavy atom. The number of nitrogens with zero attached hydrogens (tertiary/aromatic N) is 3. The average molecular weight is 243 g/mol. The lowest BCUT2D eigenvalue weighted by Gasteiger charge is -2.04. The van der Waals surface area contributed by atoms with Crippen LogP contribution < -0.4 is 0 Å². The number of hydrogen-bond acceptors (Lipinski definition) is 5. The van der Waals surface area contributed by atoms with Gasteiger partial charge in [0.05, 0.1) is 18.0 Å². The van der Waals surface area contributed by atoms with Crippen molar-refractivity contribution in [2.24, 2.45) is 0 Å². The molecule has 5 nitrogen and oxygen atoms in total. The van der Waals surface area contributed by atoms with Crippen LogP contribution in [0.5, 0.6) is 0 Å². The minimum atomic E-state index is -0.515. The zero-order valence-corrected chi connectivity index (χ0v) is 10.3. The van der Waals surface area contributed by atoms with Crippen LogP contribution >= 0.6 is 0 Å². The average Bonchev–Trinajstić information content (AvgIpc) is 2.39. The van der Waals surface area contributed by atoms with Crippen LogP contribution in [-0.4, -0.2) is 27.5 Å². The van der Waals surface area contributed by atoms with Gasteiger partial charge >= 0.3 is 5.97 Å². The topological polar surface area (TPSA) is 65.0 Å². The summed E-state index contributed by atoms with van der Waals surface area (Å²) in [6.07, 6.45) is 1.68. The highest BCUT2D eigenvalue weighted by atomic mass is 16.5. The number of carbonyl (C=O) groups is 1. The fourth-order valence-electron chi connectivity index (χ4n) is 1.50. The van der Waals surface area contributed by atoms with Crippen molar-refractivity contribution in [1.29, 1.82) is 0 Å². The van der Waals surface area contributed by atoms with E-state index in [4.69, 9.17) is 4.74 Å². The van der Waals surface area contributed by atoms with E-state index in [1.165, 1.54) is 0 Å². The summed E-state index contributed by atoms with van der Waals surface area (Å²) in [7, 11) is 0. The van der Waals surface area contributed by atoms with Crippen molar-refractivity contribution < 1.29 is 9.53 Å². The van der Waals surface area contributed by atoms with E-state index >= 15 is 0 Å². The Morgan fingerprint density at radius 2 is 2.11 bits per heavy atom. The number of rotatable bonds is 3. The molecule has 0 N–H and O–H groups in total. The van der Waals surface area contributed by atoms with E-state index in [1.54, 1.807) is 26.1 Å². The molecule has 0 aromatic carbocycles. The van der Waals surface area contributed by atoms with Crippen molar-refractivity contribution >= 4 is 5.97 Å². The van der Waals surface area contributed by atoms with Gasteiger partial charge in [0.1, 0.15) is 0 Å². The summed E-state index contributed by atoms with van der Waals surface area (Å²) in [5.74, 6) is -0.448. The lowest BCUT2D eigenvalue weighted by Crippen LogP contribution is -2.11. The second-order valence-corrected chi connectivity index (χ2v) is 3.65. The summed E-state index contributed by atoms with van der Waals surface area (Å²) in [5.41, 5.74) is 2.02. The summed E-state index contributed by atoms with van der Waals surface area (Å²) in [6.45, 7) is 3.85. The maximum absolute atomic E-state index is 11.6. The minimum Gasteiger partial charge on any atom is -0.460 e. The second-order valence-electron chi connectivity index (χ2n) is 3.65. The summed E-state index contributed by atoms with van der Waals surface area (Å²) in [6, 6.07) is 7.30. The van der Waals surface area contributed by atoms with Gasteiger partial charge in [-0.2, -0.15) is 0 Å². The molecule has 0 bridgehead atoms. The molecule has 2 rings (SSSR count). The molecule has 0 atom stereocenters. The van der Waals surface area contributed by atoms with E-state index in [9.17, 15) is 4.79 Å². The smallest absolute Gasteiger partial charge is 0.376 e. The molecule has 0 aliphatic heterocycles. The summed E-state index contributed by atoms with van der Waals surface area (Å²) in [4.78, 5) is 24.0. The quantitative estimate of drug-likeness (QED) is 0.772. The zero-order chi connectivity index (χ0) is 13.0. The lowest BCUT2D eigenvalue weighted by molar-refractivity contribution is 0.0512. The largest absolute Gasteiger partial charge is 0.460 e. The maximum Gasteiger partial charge on any atom is 0.376 e. The standard InChI is InChI=1S/C13H13N3O2/c1-3-18-13(17)12-15-9(2)8-11(16-12)10-6-4-5-7-14-10/h4-8H,3H2,1-2H3. The Balaban J connectivity index is 2.41. The SMILES string of the molecule is CCOC(=O)c1nc(C)cc(-c2ccccn2)n1. The molecule has 2 aromatic heterocycles. The predicted molar refractivity (Wildman–Crippen MR) is 66.0 cm³/mol. The number of pyridine rings is 1. The molecule has 0 aliphatic carbocycles.